The maximum absolute atomic E-state index is 5.31. The van der Waals surface area contributed by atoms with Crippen molar-refractivity contribution in [3.8, 4) is 17.3 Å². The first-order chi connectivity index (χ1) is 14.8. The number of aromatic nitrogens is 4. The van der Waals surface area contributed by atoms with Gasteiger partial charge in [0.25, 0.3) is 0 Å². The minimum absolute atomic E-state index is 0.775. The third-order valence-electron chi connectivity index (χ3n) is 6.06. The summed E-state index contributed by atoms with van der Waals surface area (Å²) < 4.78 is 5.31. The molecule has 0 atom stereocenters. The van der Waals surface area contributed by atoms with E-state index in [0.717, 1.165) is 59.5 Å². The van der Waals surface area contributed by atoms with Crippen molar-refractivity contribution < 1.29 is 4.74 Å². The summed E-state index contributed by atoms with van der Waals surface area (Å²) in [5.41, 5.74) is 3.45. The highest BCUT2D eigenvalue weighted by Gasteiger charge is 2.20. The van der Waals surface area contributed by atoms with Crippen LogP contribution in [-0.4, -0.2) is 45.3 Å². The van der Waals surface area contributed by atoms with Crippen LogP contribution in [0.5, 0.6) is 5.75 Å². The Hall–Kier alpha value is -3.12. The maximum atomic E-state index is 5.31. The standard InChI is InChI=1S/C24H27N5O/c1-30-20-7-8-21-19(14-20)15-22(25-21)24-26-23(27-28-24)16-29-11-9-18(10-12-29)13-17-5-3-2-4-6-17/h2-8,14-15,18,25H,9-13,16H2,1H3,(H,26,27,28). The Morgan fingerprint density at radius 3 is 2.63 bits per heavy atom. The maximum Gasteiger partial charge on any atom is 0.177 e. The lowest BCUT2D eigenvalue weighted by Crippen LogP contribution is -2.34. The lowest BCUT2D eigenvalue weighted by Gasteiger charge is -2.31. The molecule has 1 aliphatic heterocycles. The summed E-state index contributed by atoms with van der Waals surface area (Å²) in [6.45, 7) is 3.04. The minimum Gasteiger partial charge on any atom is -0.497 e. The van der Waals surface area contributed by atoms with Crippen LogP contribution in [0, 0.1) is 5.92 Å². The molecule has 6 nitrogen and oxygen atoms in total. The smallest absolute Gasteiger partial charge is 0.177 e. The van der Waals surface area contributed by atoms with Crippen molar-refractivity contribution in [2.75, 3.05) is 20.2 Å². The summed E-state index contributed by atoms with van der Waals surface area (Å²) in [5, 5.41) is 9.85. The van der Waals surface area contributed by atoms with E-state index in [2.05, 4.69) is 61.5 Å². The molecule has 2 N–H and O–H groups in total. The van der Waals surface area contributed by atoms with E-state index in [9.17, 15) is 0 Å². The monoisotopic (exact) mass is 401 g/mol. The van der Waals surface area contributed by atoms with Gasteiger partial charge >= 0.3 is 0 Å². The Kier molecular flexibility index (Phi) is 5.24. The van der Waals surface area contributed by atoms with E-state index in [1.165, 1.54) is 24.8 Å². The number of benzene rings is 2. The van der Waals surface area contributed by atoms with Gasteiger partial charge in [-0.05, 0) is 68.1 Å². The number of H-pyrrole nitrogens is 2. The van der Waals surface area contributed by atoms with E-state index < -0.39 is 0 Å². The van der Waals surface area contributed by atoms with E-state index in [1.807, 2.05) is 18.2 Å². The van der Waals surface area contributed by atoms with Crippen LogP contribution in [-0.2, 0) is 13.0 Å². The van der Waals surface area contributed by atoms with Crippen molar-refractivity contribution in [1.29, 1.82) is 0 Å². The average molecular weight is 402 g/mol. The number of methoxy groups -OCH3 is 1. The normalized spacial score (nSPS) is 15.6. The first-order valence-electron chi connectivity index (χ1n) is 10.6. The highest BCUT2D eigenvalue weighted by Crippen LogP contribution is 2.26. The van der Waals surface area contributed by atoms with Gasteiger partial charge in [-0.15, -0.1) is 10.2 Å². The zero-order chi connectivity index (χ0) is 20.3. The van der Waals surface area contributed by atoms with E-state index in [4.69, 9.17) is 4.74 Å². The molecule has 3 heterocycles. The fraction of sp³-hybridized carbons (Fsp3) is 0.333. The molecule has 154 valence electrons. The van der Waals surface area contributed by atoms with Gasteiger partial charge < -0.3 is 14.7 Å². The molecule has 0 amide bonds. The number of likely N-dealkylation sites (tertiary alicyclic amines) is 1. The van der Waals surface area contributed by atoms with Crippen LogP contribution in [0.15, 0.2) is 54.6 Å². The van der Waals surface area contributed by atoms with Crippen molar-refractivity contribution in [2.24, 2.45) is 5.92 Å². The average Bonchev–Trinajstić information content (AvgIpc) is 3.42. The molecular formula is C24H27N5O. The number of rotatable bonds is 6. The number of ether oxygens (including phenoxy) is 1. The van der Waals surface area contributed by atoms with Crippen LogP contribution in [0.25, 0.3) is 22.4 Å². The van der Waals surface area contributed by atoms with Gasteiger partial charge in [-0.25, -0.2) is 0 Å². The summed E-state index contributed by atoms with van der Waals surface area (Å²) in [6, 6.07) is 18.9. The molecule has 0 saturated carbocycles. The zero-order valence-electron chi connectivity index (χ0n) is 17.3. The van der Waals surface area contributed by atoms with Crippen molar-refractivity contribution in [3.05, 3.63) is 66.0 Å². The molecule has 1 saturated heterocycles. The topological polar surface area (TPSA) is 69.8 Å². The van der Waals surface area contributed by atoms with Crippen LogP contribution >= 0.6 is 0 Å². The highest BCUT2D eigenvalue weighted by atomic mass is 16.5. The van der Waals surface area contributed by atoms with Gasteiger partial charge in [0.1, 0.15) is 11.6 Å². The molecule has 0 bridgehead atoms. The molecular weight excluding hydrogens is 374 g/mol. The number of piperidine rings is 1. The molecule has 0 radical (unpaired) electrons. The number of nitrogens with zero attached hydrogens (tertiary/aromatic N) is 3. The van der Waals surface area contributed by atoms with Gasteiger partial charge in [-0.2, -0.15) is 0 Å². The van der Waals surface area contributed by atoms with E-state index in [-0.39, 0.29) is 0 Å². The molecule has 6 heteroatoms. The zero-order valence-corrected chi connectivity index (χ0v) is 17.3. The van der Waals surface area contributed by atoms with Gasteiger partial charge in [0.05, 0.1) is 19.3 Å². The first kappa shape index (κ1) is 18.9. The number of fused-ring (bicyclic) bond motifs is 1. The quantitative estimate of drug-likeness (QED) is 0.502. The van der Waals surface area contributed by atoms with E-state index in [1.54, 1.807) is 7.11 Å². The molecule has 5 rings (SSSR count). The van der Waals surface area contributed by atoms with Crippen LogP contribution in [0.3, 0.4) is 0 Å². The van der Waals surface area contributed by atoms with E-state index in [0.29, 0.717) is 0 Å². The third kappa shape index (κ3) is 4.09. The Labute approximate surface area is 176 Å². The van der Waals surface area contributed by atoms with Crippen LogP contribution in [0.4, 0.5) is 0 Å². The Morgan fingerprint density at radius 1 is 1.00 bits per heavy atom. The lowest BCUT2D eigenvalue weighted by molar-refractivity contribution is 0.173. The fourth-order valence-corrected chi connectivity index (χ4v) is 4.36. The largest absolute Gasteiger partial charge is 0.497 e. The molecule has 2 aromatic heterocycles. The summed E-state index contributed by atoms with van der Waals surface area (Å²) in [6.07, 6.45) is 3.66. The van der Waals surface area contributed by atoms with Gasteiger partial charge in [0, 0.05) is 10.9 Å². The minimum atomic E-state index is 0.775. The molecule has 1 fully saturated rings. The summed E-state index contributed by atoms with van der Waals surface area (Å²) >= 11 is 0. The molecule has 0 aliphatic carbocycles. The van der Waals surface area contributed by atoms with Crippen molar-refractivity contribution in [3.63, 3.8) is 0 Å². The van der Waals surface area contributed by atoms with Gasteiger partial charge in [0.2, 0.25) is 0 Å². The molecule has 0 spiro atoms. The molecule has 1 aliphatic rings. The van der Waals surface area contributed by atoms with E-state index >= 15 is 0 Å². The second-order valence-electron chi connectivity index (χ2n) is 8.17. The molecule has 4 aromatic rings. The molecule has 30 heavy (non-hydrogen) atoms. The number of aromatic amines is 2. The van der Waals surface area contributed by atoms with Gasteiger partial charge in [-0.3, -0.25) is 4.90 Å². The Bertz CT molecular complexity index is 1110. The second kappa shape index (κ2) is 8.32. The second-order valence-corrected chi connectivity index (χ2v) is 8.17. The van der Waals surface area contributed by atoms with Crippen molar-refractivity contribution >= 4 is 10.9 Å². The fourth-order valence-electron chi connectivity index (χ4n) is 4.36. The SMILES string of the molecule is COc1ccc2[nH]c(-c3nnc(CN4CCC(Cc5ccccc5)CC4)[nH]3)cc2c1. The van der Waals surface area contributed by atoms with Crippen molar-refractivity contribution in [1.82, 2.24) is 25.1 Å². The van der Waals surface area contributed by atoms with Crippen LogP contribution < -0.4 is 4.74 Å². The predicted molar refractivity (Wildman–Crippen MR) is 118 cm³/mol. The third-order valence-corrected chi connectivity index (χ3v) is 6.06. The molecule has 2 aromatic carbocycles. The lowest BCUT2D eigenvalue weighted by atomic mass is 9.90. The summed E-state index contributed by atoms with van der Waals surface area (Å²) in [7, 11) is 1.68. The van der Waals surface area contributed by atoms with Gasteiger partial charge in [-0.1, -0.05) is 30.3 Å². The number of nitrogens with one attached hydrogen (secondary N) is 2. The summed E-state index contributed by atoms with van der Waals surface area (Å²) in [4.78, 5) is 9.27. The number of hydrogen-bond acceptors (Lipinski definition) is 4. The molecule has 0 unspecified atom stereocenters. The summed E-state index contributed by atoms with van der Waals surface area (Å²) in [5.74, 6) is 3.32. The first-order valence-corrected chi connectivity index (χ1v) is 10.6. The van der Waals surface area contributed by atoms with Crippen molar-refractivity contribution in [2.45, 2.75) is 25.8 Å². The van der Waals surface area contributed by atoms with Crippen LogP contribution in [0.1, 0.15) is 24.2 Å². The predicted octanol–water partition coefficient (Wildman–Crippen LogP) is 4.42. The number of hydrogen-bond donors (Lipinski definition) is 2. The van der Waals surface area contributed by atoms with Crippen LogP contribution in [0.2, 0.25) is 0 Å². The highest BCUT2D eigenvalue weighted by molar-refractivity contribution is 5.85. The van der Waals surface area contributed by atoms with Gasteiger partial charge in [0.15, 0.2) is 5.82 Å². The Morgan fingerprint density at radius 2 is 1.83 bits per heavy atom. The Balaban J connectivity index is 1.19.